The van der Waals surface area contributed by atoms with Gasteiger partial charge in [0.25, 0.3) is 6.71 Å². The minimum atomic E-state index is -0.104. The van der Waals surface area contributed by atoms with Crippen LogP contribution in [0.15, 0.2) is 176 Å². The summed E-state index contributed by atoms with van der Waals surface area (Å²) in [7, 11) is 0. The minimum Gasteiger partial charge on any atom is -0.311 e. The fourth-order valence-corrected chi connectivity index (χ4v) is 16.3. The van der Waals surface area contributed by atoms with Crippen molar-refractivity contribution in [1.29, 1.82) is 0 Å². The number of nitrogens with zero attached hydrogens (tertiary/aromatic N) is 3. The Morgan fingerprint density at radius 1 is 0.418 bits per heavy atom. The number of benzene rings is 9. The van der Waals surface area contributed by atoms with Crippen LogP contribution >= 0.6 is 11.3 Å². The highest BCUT2D eigenvalue weighted by atomic mass is 32.1. The van der Waals surface area contributed by atoms with E-state index in [1.807, 2.05) is 11.3 Å². The quantitative estimate of drug-likeness (QED) is 0.147. The molecule has 3 nitrogen and oxygen atoms in total. The van der Waals surface area contributed by atoms with Gasteiger partial charge in [0.05, 0.1) is 11.4 Å². The summed E-state index contributed by atoms with van der Waals surface area (Å²) in [6.45, 7) is 49.4. The summed E-state index contributed by atoms with van der Waals surface area (Å²) in [5.41, 5.74) is 30.2. The van der Waals surface area contributed by atoms with Gasteiger partial charge >= 0.3 is 0 Å². The number of anilines is 9. The molecule has 3 aliphatic rings. The molecule has 3 heterocycles. The van der Waals surface area contributed by atoms with Crippen LogP contribution in [-0.2, 0) is 37.9 Å². The van der Waals surface area contributed by atoms with Crippen LogP contribution in [0.5, 0.6) is 0 Å². The highest BCUT2D eigenvalue weighted by Gasteiger charge is 2.47. The summed E-state index contributed by atoms with van der Waals surface area (Å²) in [5.74, 6) is 0. The third kappa shape index (κ3) is 10.9. The first-order valence-corrected chi connectivity index (χ1v) is 34.4. The number of fused-ring (bicyclic) bond motifs is 7. The molecule has 0 radical (unpaired) electrons. The van der Waals surface area contributed by atoms with E-state index in [-0.39, 0.29) is 44.6 Å². The van der Waals surface area contributed by atoms with Gasteiger partial charge < -0.3 is 14.7 Å². The Labute approximate surface area is 550 Å². The van der Waals surface area contributed by atoms with E-state index in [0.29, 0.717) is 0 Å². The van der Waals surface area contributed by atoms with Crippen LogP contribution in [0.2, 0.25) is 0 Å². The van der Waals surface area contributed by atoms with E-state index < -0.39 is 0 Å². The smallest absolute Gasteiger partial charge is 0.264 e. The molecule has 0 bridgehead atoms. The average Bonchev–Trinajstić information content (AvgIpc) is 1.59. The summed E-state index contributed by atoms with van der Waals surface area (Å²) in [6.07, 6.45) is 2.31. The molecule has 464 valence electrons. The van der Waals surface area contributed by atoms with Crippen LogP contribution in [0.1, 0.15) is 194 Å². The molecule has 9 aromatic carbocycles. The van der Waals surface area contributed by atoms with E-state index in [4.69, 9.17) is 0 Å². The maximum absolute atomic E-state index is 2.74. The molecule has 0 saturated carbocycles. The SMILES string of the molecule is Cc1cccc(C)c1-c1cc2c3c(c1)N(c1ccc4c(c1)C(C)(C)CCC4(C)C)c1c(sc4ccc(C(C)(C)C)cc14)B3c1ccc(N(c3ccc(C(C)(C)C)cc3)c3ccc(C(C)(C)C)cc3)cc1N2c1ccc(C(C)(C)C)cc1-c1ccc(C(C)(C)C)cc1. The van der Waals surface area contributed by atoms with Crippen molar-refractivity contribution < 1.29 is 0 Å². The fraction of sp³-hybridized carbons (Fsp3) is 0.349. The van der Waals surface area contributed by atoms with E-state index in [9.17, 15) is 0 Å². The van der Waals surface area contributed by atoms with E-state index in [0.717, 1.165) is 29.2 Å². The molecule has 1 aliphatic carbocycles. The molecule has 10 aromatic rings. The zero-order valence-electron chi connectivity index (χ0n) is 58.5. The largest absolute Gasteiger partial charge is 0.311 e. The summed E-state index contributed by atoms with van der Waals surface area (Å²) in [4.78, 5) is 7.95. The van der Waals surface area contributed by atoms with Gasteiger partial charge in [-0.05, 0) is 227 Å². The Kier molecular flexibility index (Phi) is 14.7. The molecule has 91 heavy (non-hydrogen) atoms. The molecule has 0 N–H and O–H groups in total. The number of rotatable bonds is 7. The molecule has 0 unspecified atom stereocenters. The van der Waals surface area contributed by atoms with Crippen molar-refractivity contribution in [1.82, 2.24) is 0 Å². The first-order valence-electron chi connectivity index (χ1n) is 33.6. The summed E-state index contributed by atoms with van der Waals surface area (Å²) >= 11 is 2.00. The number of hydrogen-bond acceptors (Lipinski definition) is 4. The van der Waals surface area contributed by atoms with Crippen LogP contribution < -0.4 is 30.4 Å². The van der Waals surface area contributed by atoms with Crippen LogP contribution in [0.25, 0.3) is 32.3 Å². The maximum atomic E-state index is 2.74. The maximum Gasteiger partial charge on any atom is 0.264 e. The monoisotopic (exact) mass is 1210 g/mol. The topological polar surface area (TPSA) is 9.72 Å². The van der Waals surface area contributed by atoms with Gasteiger partial charge in [0.1, 0.15) is 0 Å². The lowest BCUT2D eigenvalue weighted by molar-refractivity contribution is 0.332. The van der Waals surface area contributed by atoms with Crippen LogP contribution in [0.3, 0.4) is 0 Å². The Hall–Kier alpha value is -7.60. The highest BCUT2D eigenvalue weighted by molar-refractivity contribution is 7.33. The summed E-state index contributed by atoms with van der Waals surface area (Å²) in [5, 5.41) is 1.32. The van der Waals surface area contributed by atoms with Gasteiger partial charge in [-0.3, -0.25) is 0 Å². The van der Waals surface area contributed by atoms with Gasteiger partial charge in [-0.1, -0.05) is 223 Å². The number of aryl methyl sites for hydroxylation is 2. The van der Waals surface area contributed by atoms with E-state index in [2.05, 4.69) is 336 Å². The van der Waals surface area contributed by atoms with E-state index in [1.165, 1.54) is 133 Å². The molecule has 13 rings (SSSR count). The predicted octanol–water partition coefficient (Wildman–Crippen LogP) is 23.2. The Bertz CT molecular complexity index is 4420. The van der Waals surface area contributed by atoms with Crippen molar-refractivity contribution in [2.75, 3.05) is 14.7 Å². The molecule has 0 amide bonds. The minimum absolute atomic E-state index is 0.000690. The Morgan fingerprint density at radius 3 is 1.45 bits per heavy atom. The molecule has 2 aliphatic heterocycles. The normalized spacial score (nSPS) is 15.3. The molecule has 5 heteroatoms. The van der Waals surface area contributed by atoms with Crippen molar-refractivity contribution in [3.05, 3.63) is 226 Å². The van der Waals surface area contributed by atoms with Crippen LogP contribution in [0, 0.1) is 13.8 Å². The van der Waals surface area contributed by atoms with Crippen molar-refractivity contribution in [2.45, 2.75) is 196 Å². The van der Waals surface area contributed by atoms with Gasteiger partial charge in [-0.15, -0.1) is 11.3 Å². The third-order valence-electron chi connectivity index (χ3n) is 20.8. The zero-order valence-corrected chi connectivity index (χ0v) is 59.3. The lowest BCUT2D eigenvalue weighted by Gasteiger charge is -2.45. The van der Waals surface area contributed by atoms with Crippen molar-refractivity contribution in [3.63, 3.8) is 0 Å². The summed E-state index contributed by atoms with van der Waals surface area (Å²) < 4.78 is 2.70. The van der Waals surface area contributed by atoms with Crippen molar-refractivity contribution in [3.8, 4) is 22.3 Å². The van der Waals surface area contributed by atoms with E-state index in [1.54, 1.807) is 0 Å². The zero-order chi connectivity index (χ0) is 65.0. The number of hydrogen-bond donors (Lipinski definition) is 0. The molecule has 0 atom stereocenters. The van der Waals surface area contributed by atoms with Crippen molar-refractivity contribution in [2.24, 2.45) is 0 Å². The van der Waals surface area contributed by atoms with Gasteiger partial charge in [0, 0.05) is 60.2 Å². The molecular weight excluding hydrogens is 1120 g/mol. The standard InChI is InChI=1S/C86H96BN3S/c1-53-23-22-24-54(2)76(53)56-47-73-77-74(48-56)90(71-43-33-60(83(12,13)14)49-66(71)55-25-27-57(28-26-55)80(3,4)5)72-52-65(88(62-35-29-58(30-36-62)81(6,7)8)63-37-31-59(32-38-63)82(9,10)11)40-42-70(72)87(77)79-78(67-50-61(84(15,16)17)34-44-75(67)91-79)89(73)64-39-41-68-69(51-64)86(20,21)46-45-85(68,18)19/h22-44,47-52H,45-46H2,1-21H3. The fourth-order valence-electron chi connectivity index (χ4n) is 15.0. The Balaban J connectivity index is 1.19. The van der Waals surface area contributed by atoms with Gasteiger partial charge in [-0.2, -0.15) is 0 Å². The van der Waals surface area contributed by atoms with Gasteiger partial charge in [0.15, 0.2) is 0 Å². The molecule has 0 saturated heterocycles. The first kappa shape index (κ1) is 62.2. The van der Waals surface area contributed by atoms with Gasteiger partial charge in [-0.25, -0.2) is 0 Å². The van der Waals surface area contributed by atoms with Crippen LogP contribution in [-0.4, -0.2) is 6.71 Å². The second-order valence-corrected chi connectivity index (χ2v) is 34.6. The lowest BCUT2D eigenvalue weighted by atomic mass is 9.36. The molecular formula is C86H96BN3S. The van der Waals surface area contributed by atoms with Crippen LogP contribution in [0.4, 0.5) is 51.2 Å². The van der Waals surface area contributed by atoms with E-state index >= 15 is 0 Å². The number of thiophene rings is 1. The molecule has 0 spiro atoms. The highest BCUT2D eigenvalue weighted by Crippen LogP contribution is 2.55. The predicted molar refractivity (Wildman–Crippen MR) is 400 cm³/mol. The lowest BCUT2D eigenvalue weighted by Crippen LogP contribution is -2.60. The average molecular weight is 1210 g/mol. The molecule has 0 fully saturated rings. The second-order valence-electron chi connectivity index (χ2n) is 33.6. The Morgan fingerprint density at radius 2 is 0.901 bits per heavy atom. The van der Waals surface area contributed by atoms with Crippen molar-refractivity contribution >= 4 is 95.0 Å². The van der Waals surface area contributed by atoms with Gasteiger partial charge in [0.2, 0.25) is 0 Å². The second kappa shape index (κ2) is 21.5. The third-order valence-corrected chi connectivity index (χ3v) is 22.0. The molecule has 1 aromatic heterocycles. The first-order chi connectivity index (χ1) is 42.6. The summed E-state index contributed by atoms with van der Waals surface area (Å²) in [6, 6.07) is 70.1.